The van der Waals surface area contributed by atoms with Crippen molar-refractivity contribution in [2.45, 2.75) is 31.9 Å². The van der Waals surface area contributed by atoms with Crippen molar-refractivity contribution in [2.75, 3.05) is 11.9 Å². The molecule has 106 valence electrons. The fraction of sp³-hybridized carbons (Fsp3) is 0.538. The number of hydrogen-bond donors (Lipinski definition) is 2. The van der Waals surface area contributed by atoms with Crippen LogP contribution in [0, 0.1) is 5.92 Å². The zero-order chi connectivity index (χ0) is 14.0. The van der Waals surface area contributed by atoms with Crippen molar-refractivity contribution in [1.29, 1.82) is 0 Å². The molecule has 0 bridgehead atoms. The average molecular weight is 292 g/mol. The minimum Gasteiger partial charge on any atom is -0.492 e. The number of benzene rings is 1. The standard InChI is InChI=1S/C13H16ClF2NO2/c1-8(18)17-10-2-3-11(14)12(4-10)19-7-9-5-13(15,16)6-9/h2-4,8-9,17-18H,5-7H2,1H3. The normalized spacial score (nSPS) is 19.6. The summed E-state index contributed by atoms with van der Waals surface area (Å²) >= 11 is 5.97. The highest BCUT2D eigenvalue weighted by atomic mass is 35.5. The molecule has 1 fully saturated rings. The topological polar surface area (TPSA) is 41.5 Å². The Morgan fingerprint density at radius 2 is 2.21 bits per heavy atom. The Balaban J connectivity index is 1.92. The molecule has 1 aromatic carbocycles. The first-order chi connectivity index (χ1) is 8.85. The van der Waals surface area contributed by atoms with Crippen LogP contribution in [0.25, 0.3) is 0 Å². The van der Waals surface area contributed by atoms with Crippen LogP contribution >= 0.6 is 11.6 Å². The Bertz CT molecular complexity index is 446. The molecule has 2 rings (SSSR count). The van der Waals surface area contributed by atoms with Gasteiger partial charge in [0.2, 0.25) is 5.92 Å². The third-order valence-corrected chi connectivity index (χ3v) is 3.27. The first-order valence-corrected chi connectivity index (χ1v) is 6.48. The maximum absolute atomic E-state index is 12.7. The van der Waals surface area contributed by atoms with Gasteiger partial charge in [0.1, 0.15) is 12.0 Å². The highest BCUT2D eigenvalue weighted by Gasteiger charge is 2.45. The number of anilines is 1. The van der Waals surface area contributed by atoms with Crippen LogP contribution in [0.2, 0.25) is 5.02 Å². The fourth-order valence-electron chi connectivity index (χ4n) is 2.06. The second-order valence-corrected chi connectivity index (χ2v) is 5.31. The van der Waals surface area contributed by atoms with E-state index in [0.717, 1.165) is 0 Å². The van der Waals surface area contributed by atoms with Gasteiger partial charge < -0.3 is 15.2 Å². The quantitative estimate of drug-likeness (QED) is 0.816. The molecule has 0 amide bonds. The Morgan fingerprint density at radius 1 is 1.53 bits per heavy atom. The van der Waals surface area contributed by atoms with Gasteiger partial charge in [-0.15, -0.1) is 0 Å². The number of hydrogen-bond acceptors (Lipinski definition) is 3. The summed E-state index contributed by atoms with van der Waals surface area (Å²) in [5.74, 6) is -2.23. The smallest absolute Gasteiger partial charge is 0.248 e. The molecule has 19 heavy (non-hydrogen) atoms. The van der Waals surface area contributed by atoms with Crippen molar-refractivity contribution in [3.63, 3.8) is 0 Å². The van der Waals surface area contributed by atoms with Gasteiger partial charge in [0.25, 0.3) is 0 Å². The van der Waals surface area contributed by atoms with E-state index in [-0.39, 0.29) is 25.4 Å². The number of nitrogens with one attached hydrogen (secondary N) is 1. The molecule has 1 aliphatic rings. The van der Waals surface area contributed by atoms with Crippen LogP contribution in [0.15, 0.2) is 18.2 Å². The van der Waals surface area contributed by atoms with Gasteiger partial charge in [-0.1, -0.05) is 11.6 Å². The van der Waals surface area contributed by atoms with Crippen molar-refractivity contribution in [1.82, 2.24) is 0 Å². The molecule has 0 heterocycles. The summed E-state index contributed by atoms with van der Waals surface area (Å²) in [6.45, 7) is 1.82. The lowest BCUT2D eigenvalue weighted by atomic mass is 9.82. The van der Waals surface area contributed by atoms with E-state index in [4.69, 9.17) is 16.3 Å². The SMILES string of the molecule is CC(O)Nc1ccc(Cl)c(OCC2CC(F)(F)C2)c1. The van der Waals surface area contributed by atoms with Gasteiger partial charge in [0, 0.05) is 30.5 Å². The van der Waals surface area contributed by atoms with Crippen molar-refractivity contribution in [2.24, 2.45) is 5.92 Å². The molecule has 1 aromatic rings. The molecule has 1 saturated carbocycles. The van der Waals surface area contributed by atoms with Gasteiger partial charge in [-0.25, -0.2) is 8.78 Å². The Hall–Kier alpha value is -1.07. The van der Waals surface area contributed by atoms with Crippen molar-refractivity contribution in [3.05, 3.63) is 23.2 Å². The van der Waals surface area contributed by atoms with Crippen LogP contribution in [0.4, 0.5) is 14.5 Å². The third kappa shape index (κ3) is 3.94. The van der Waals surface area contributed by atoms with Crippen LogP contribution in [-0.2, 0) is 0 Å². The number of halogens is 3. The molecule has 1 unspecified atom stereocenters. The van der Waals surface area contributed by atoms with E-state index in [9.17, 15) is 13.9 Å². The zero-order valence-corrected chi connectivity index (χ0v) is 11.3. The van der Waals surface area contributed by atoms with E-state index in [0.29, 0.717) is 16.5 Å². The second kappa shape index (κ2) is 5.51. The highest BCUT2D eigenvalue weighted by molar-refractivity contribution is 6.32. The average Bonchev–Trinajstić information content (AvgIpc) is 2.26. The number of rotatable bonds is 5. The van der Waals surface area contributed by atoms with E-state index < -0.39 is 12.2 Å². The van der Waals surface area contributed by atoms with E-state index in [1.165, 1.54) is 0 Å². The molecule has 0 saturated heterocycles. The van der Waals surface area contributed by atoms with E-state index in [1.54, 1.807) is 25.1 Å². The van der Waals surface area contributed by atoms with Crippen LogP contribution in [0.1, 0.15) is 19.8 Å². The Kier molecular flexibility index (Phi) is 4.16. The van der Waals surface area contributed by atoms with E-state index in [1.807, 2.05) is 0 Å². The van der Waals surface area contributed by atoms with Crippen molar-refractivity contribution < 1.29 is 18.6 Å². The summed E-state index contributed by atoms with van der Waals surface area (Å²) in [5.41, 5.74) is 0.660. The van der Waals surface area contributed by atoms with Gasteiger partial charge in [-0.05, 0) is 19.1 Å². The van der Waals surface area contributed by atoms with Gasteiger partial charge in [-0.3, -0.25) is 0 Å². The molecule has 0 radical (unpaired) electrons. The molecule has 0 spiro atoms. The van der Waals surface area contributed by atoms with Gasteiger partial charge in [-0.2, -0.15) is 0 Å². The largest absolute Gasteiger partial charge is 0.492 e. The number of alkyl halides is 2. The summed E-state index contributed by atoms with van der Waals surface area (Å²) in [5, 5.41) is 12.4. The van der Waals surface area contributed by atoms with Crippen molar-refractivity contribution >= 4 is 17.3 Å². The summed E-state index contributed by atoms with van der Waals surface area (Å²) in [6.07, 6.45) is -0.953. The minimum atomic E-state index is -2.53. The third-order valence-electron chi connectivity index (χ3n) is 2.96. The predicted molar refractivity (Wildman–Crippen MR) is 69.9 cm³/mol. The van der Waals surface area contributed by atoms with Gasteiger partial charge in [0.15, 0.2) is 0 Å². The Labute approximate surface area is 115 Å². The summed E-state index contributed by atoms with van der Waals surface area (Å²) in [7, 11) is 0. The van der Waals surface area contributed by atoms with Gasteiger partial charge in [0.05, 0.1) is 11.6 Å². The predicted octanol–water partition coefficient (Wildman–Crippen LogP) is 3.51. The number of aliphatic hydroxyl groups is 1. The van der Waals surface area contributed by atoms with Crippen LogP contribution in [0.5, 0.6) is 5.75 Å². The zero-order valence-electron chi connectivity index (χ0n) is 10.5. The lowest BCUT2D eigenvalue weighted by Crippen LogP contribution is -2.38. The molecular weight excluding hydrogens is 276 g/mol. The van der Waals surface area contributed by atoms with Crippen molar-refractivity contribution in [3.8, 4) is 5.75 Å². The first kappa shape index (κ1) is 14.3. The molecule has 1 atom stereocenters. The number of aliphatic hydroxyl groups excluding tert-OH is 1. The van der Waals surface area contributed by atoms with E-state index >= 15 is 0 Å². The van der Waals surface area contributed by atoms with Crippen LogP contribution in [0.3, 0.4) is 0 Å². The molecule has 0 aliphatic heterocycles. The second-order valence-electron chi connectivity index (χ2n) is 4.91. The molecule has 0 aromatic heterocycles. The highest BCUT2D eigenvalue weighted by Crippen LogP contribution is 2.42. The minimum absolute atomic E-state index is 0.126. The summed E-state index contributed by atoms with van der Waals surface area (Å²) in [6, 6.07) is 4.99. The molecule has 2 N–H and O–H groups in total. The number of ether oxygens (including phenoxy) is 1. The lowest BCUT2D eigenvalue weighted by molar-refractivity contribution is -0.119. The van der Waals surface area contributed by atoms with Gasteiger partial charge >= 0.3 is 0 Å². The maximum atomic E-state index is 12.7. The maximum Gasteiger partial charge on any atom is 0.248 e. The first-order valence-electron chi connectivity index (χ1n) is 6.10. The Morgan fingerprint density at radius 3 is 2.79 bits per heavy atom. The summed E-state index contributed by atoms with van der Waals surface area (Å²) in [4.78, 5) is 0. The molecule has 6 heteroatoms. The van der Waals surface area contributed by atoms with E-state index in [2.05, 4.69) is 5.32 Å². The van der Waals surface area contributed by atoms with Crippen LogP contribution in [-0.4, -0.2) is 23.9 Å². The molecule has 1 aliphatic carbocycles. The summed E-state index contributed by atoms with van der Waals surface area (Å²) < 4.78 is 30.8. The monoisotopic (exact) mass is 291 g/mol. The van der Waals surface area contributed by atoms with Crippen LogP contribution < -0.4 is 10.1 Å². The lowest BCUT2D eigenvalue weighted by Gasteiger charge is -2.34. The molecular formula is C13H16ClF2NO2. The molecule has 3 nitrogen and oxygen atoms in total. The fourth-order valence-corrected chi connectivity index (χ4v) is 2.23.